The molecular formula is C16H7F5N4. The third-order valence-corrected chi connectivity index (χ3v) is 3.41. The first-order chi connectivity index (χ1) is 11.8. The number of alkyl halides is 3. The van der Waals surface area contributed by atoms with Gasteiger partial charge in [-0.25, -0.2) is 13.5 Å². The Hall–Kier alpha value is -3.28. The summed E-state index contributed by atoms with van der Waals surface area (Å²) in [6, 6.07) is 7.93. The highest BCUT2D eigenvalue weighted by Crippen LogP contribution is 2.33. The fourth-order valence-corrected chi connectivity index (χ4v) is 2.22. The van der Waals surface area contributed by atoms with Crippen molar-refractivity contribution in [1.29, 1.82) is 5.26 Å². The molecule has 25 heavy (non-hydrogen) atoms. The molecule has 3 aromatic rings. The third-order valence-electron chi connectivity index (χ3n) is 3.41. The summed E-state index contributed by atoms with van der Waals surface area (Å²) in [5.74, 6) is -2.21. The molecule has 0 N–H and O–H groups in total. The molecule has 0 unspecified atom stereocenters. The highest BCUT2D eigenvalue weighted by atomic mass is 19.4. The summed E-state index contributed by atoms with van der Waals surface area (Å²) in [6.45, 7) is 0. The Kier molecular flexibility index (Phi) is 3.96. The minimum absolute atomic E-state index is 0.0260. The average molecular weight is 350 g/mol. The number of benzene rings is 2. The predicted molar refractivity (Wildman–Crippen MR) is 76.4 cm³/mol. The van der Waals surface area contributed by atoms with E-state index in [-0.39, 0.29) is 16.9 Å². The predicted octanol–water partition coefficient (Wildman–Crippen LogP) is 4.10. The fraction of sp³-hybridized carbons (Fsp3) is 0.0625. The van der Waals surface area contributed by atoms with Crippen molar-refractivity contribution in [3.05, 3.63) is 65.4 Å². The van der Waals surface area contributed by atoms with Crippen LogP contribution in [0, 0.1) is 23.0 Å². The van der Waals surface area contributed by atoms with E-state index < -0.39 is 28.9 Å². The number of hydrogen-bond acceptors (Lipinski definition) is 3. The molecule has 0 fully saturated rings. The van der Waals surface area contributed by atoms with Crippen LogP contribution >= 0.6 is 0 Å². The van der Waals surface area contributed by atoms with Gasteiger partial charge in [-0.2, -0.15) is 18.4 Å². The van der Waals surface area contributed by atoms with E-state index in [9.17, 15) is 22.0 Å². The minimum Gasteiger partial charge on any atom is -0.220 e. The summed E-state index contributed by atoms with van der Waals surface area (Å²) >= 11 is 0. The molecular weight excluding hydrogens is 343 g/mol. The molecule has 0 amide bonds. The Morgan fingerprint density at radius 1 is 1.08 bits per heavy atom. The van der Waals surface area contributed by atoms with Gasteiger partial charge in [0.1, 0.15) is 5.69 Å². The first kappa shape index (κ1) is 16.6. The minimum atomic E-state index is -4.72. The summed E-state index contributed by atoms with van der Waals surface area (Å²) < 4.78 is 67.1. The lowest BCUT2D eigenvalue weighted by Crippen LogP contribution is -2.09. The van der Waals surface area contributed by atoms with Crippen molar-refractivity contribution in [1.82, 2.24) is 15.0 Å². The molecule has 3 rings (SSSR count). The standard InChI is InChI=1S/C16H7F5N4/c17-13-3-1-2-11(15(13)18)14-8-25(24-23-14)10-5-4-9(7-22)12(6-10)16(19,20)21/h1-6,8H. The zero-order valence-corrected chi connectivity index (χ0v) is 12.2. The van der Waals surface area contributed by atoms with Gasteiger partial charge in [0.25, 0.3) is 0 Å². The molecule has 1 aromatic heterocycles. The van der Waals surface area contributed by atoms with Crippen LogP contribution in [0.4, 0.5) is 22.0 Å². The van der Waals surface area contributed by atoms with E-state index in [0.29, 0.717) is 0 Å². The quantitative estimate of drug-likeness (QED) is 0.654. The number of nitriles is 1. The third kappa shape index (κ3) is 3.06. The van der Waals surface area contributed by atoms with Crippen molar-refractivity contribution >= 4 is 0 Å². The number of aromatic nitrogens is 3. The molecule has 9 heteroatoms. The van der Waals surface area contributed by atoms with Gasteiger partial charge in [0.05, 0.1) is 29.1 Å². The van der Waals surface area contributed by atoms with Gasteiger partial charge in [-0.15, -0.1) is 5.10 Å². The van der Waals surface area contributed by atoms with Crippen molar-refractivity contribution in [3.8, 4) is 23.0 Å². The van der Waals surface area contributed by atoms with Crippen molar-refractivity contribution < 1.29 is 22.0 Å². The smallest absolute Gasteiger partial charge is 0.220 e. The number of rotatable bonds is 2. The van der Waals surface area contributed by atoms with Crippen LogP contribution < -0.4 is 0 Å². The lowest BCUT2D eigenvalue weighted by Gasteiger charge is -2.10. The maximum atomic E-state index is 13.8. The van der Waals surface area contributed by atoms with Gasteiger partial charge in [0.2, 0.25) is 0 Å². The lowest BCUT2D eigenvalue weighted by molar-refractivity contribution is -0.137. The summed E-state index contributed by atoms with van der Waals surface area (Å²) in [6.07, 6.45) is -3.56. The second-order valence-electron chi connectivity index (χ2n) is 4.99. The molecule has 0 atom stereocenters. The van der Waals surface area contributed by atoms with Crippen molar-refractivity contribution in [2.75, 3.05) is 0 Å². The van der Waals surface area contributed by atoms with Gasteiger partial charge < -0.3 is 0 Å². The number of nitrogens with zero attached hydrogens (tertiary/aromatic N) is 4. The second-order valence-corrected chi connectivity index (χ2v) is 4.99. The van der Waals surface area contributed by atoms with Gasteiger partial charge in [-0.05, 0) is 30.3 Å². The molecule has 0 aliphatic carbocycles. The highest BCUT2D eigenvalue weighted by molar-refractivity contribution is 5.59. The van der Waals surface area contributed by atoms with Crippen LogP contribution in [0.15, 0.2) is 42.6 Å². The molecule has 1 heterocycles. The Morgan fingerprint density at radius 3 is 2.52 bits per heavy atom. The van der Waals surface area contributed by atoms with Gasteiger partial charge in [-0.1, -0.05) is 11.3 Å². The Labute approximate surface area is 137 Å². The van der Waals surface area contributed by atoms with E-state index in [4.69, 9.17) is 5.26 Å². The van der Waals surface area contributed by atoms with Crippen molar-refractivity contribution in [3.63, 3.8) is 0 Å². The number of hydrogen-bond donors (Lipinski definition) is 0. The normalized spacial score (nSPS) is 11.4. The maximum Gasteiger partial charge on any atom is 0.417 e. The monoisotopic (exact) mass is 350 g/mol. The summed E-state index contributed by atoms with van der Waals surface area (Å²) in [5.41, 5.74) is -1.90. The fourth-order valence-electron chi connectivity index (χ4n) is 2.22. The van der Waals surface area contributed by atoms with E-state index in [1.165, 1.54) is 30.5 Å². The molecule has 126 valence electrons. The van der Waals surface area contributed by atoms with Crippen molar-refractivity contribution in [2.24, 2.45) is 0 Å². The first-order valence-electron chi connectivity index (χ1n) is 6.79. The molecule has 0 aliphatic heterocycles. The van der Waals surface area contributed by atoms with Gasteiger partial charge in [0.15, 0.2) is 11.6 Å². The van der Waals surface area contributed by atoms with Crippen LogP contribution in [0.2, 0.25) is 0 Å². The molecule has 0 saturated carbocycles. The summed E-state index contributed by atoms with van der Waals surface area (Å²) in [7, 11) is 0. The van der Waals surface area contributed by atoms with Crippen LogP contribution in [0.25, 0.3) is 16.9 Å². The number of halogens is 5. The molecule has 0 saturated heterocycles. The highest BCUT2D eigenvalue weighted by Gasteiger charge is 2.34. The second kappa shape index (κ2) is 5.98. The molecule has 2 aromatic carbocycles. The zero-order valence-electron chi connectivity index (χ0n) is 12.2. The van der Waals surface area contributed by atoms with Crippen LogP contribution in [0.5, 0.6) is 0 Å². The summed E-state index contributed by atoms with van der Waals surface area (Å²) in [5, 5.41) is 16.1. The van der Waals surface area contributed by atoms with Crippen molar-refractivity contribution in [2.45, 2.75) is 6.18 Å². The first-order valence-corrected chi connectivity index (χ1v) is 6.79. The van der Waals surface area contributed by atoms with E-state index in [1.54, 1.807) is 0 Å². The van der Waals surface area contributed by atoms with Crippen LogP contribution in [0.1, 0.15) is 11.1 Å². The molecule has 0 radical (unpaired) electrons. The van der Waals surface area contributed by atoms with E-state index in [1.807, 2.05) is 0 Å². The van der Waals surface area contributed by atoms with E-state index >= 15 is 0 Å². The van der Waals surface area contributed by atoms with Crippen LogP contribution in [-0.4, -0.2) is 15.0 Å². The van der Waals surface area contributed by atoms with Crippen LogP contribution in [0.3, 0.4) is 0 Å². The van der Waals surface area contributed by atoms with Gasteiger partial charge >= 0.3 is 6.18 Å². The zero-order chi connectivity index (χ0) is 18.2. The SMILES string of the molecule is N#Cc1ccc(-n2cc(-c3cccc(F)c3F)nn2)cc1C(F)(F)F. The Balaban J connectivity index is 2.07. The molecule has 0 bridgehead atoms. The van der Waals surface area contributed by atoms with E-state index in [0.717, 1.165) is 22.9 Å². The molecule has 0 spiro atoms. The topological polar surface area (TPSA) is 54.5 Å². The van der Waals surface area contributed by atoms with Gasteiger partial charge in [0, 0.05) is 5.56 Å². The Morgan fingerprint density at radius 2 is 1.84 bits per heavy atom. The lowest BCUT2D eigenvalue weighted by atomic mass is 10.1. The Bertz CT molecular complexity index is 985. The van der Waals surface area contributed by atoms with E-state index in [2.05, 4.69) is 10.3 Å². The summed E-state index contributed by atoms with van der Waals surface area (Å²) in [4.78, 5) is 0. The molecule has 4 nitrogen and oxygen atoms in total. The van der Waals surface area contributed by atoms with Gasteiger partial charge in [-0.3, -0.25) is 0 Å². The average Bonchev–Trinajstić information content (AvgIpc) is 3.05. The van der Waals surface area contributed by atoms with Crippen LogP contribution in [-0.2, 0) is 6.18 Å². The molecule has 0 aliphatic rings. The maximum absolute atomic E-state index is 13.8. The largest absolute Gasteiger partial charge is 0.417 e.